The number of ketones is 1. The van der Waals surface area contributed by atoms with Crippen LogP contribution in [0.2, 0.25) is 0 Å². The molecule has 3 rings (SSSR count). The van der Waals surface area contributed by atoms with E-state index in [0.717, 1.165) is 22.2 Å². The lowest BCUT2D eigenvalue weighted by atomic mass is 10.1. The monoisotopic (exact) mass is 365 g/mol. The number of benzene rings is 2. The molecule has 2 aromatic carbocycles. The lowest BCUT2D eigenvalue weighted by Gasteiger charge is -2.09. The Labute approximate surface area is 156 Å². The van der Waals surface area contributed by atoms with E-state index in [4.69, 9.17) is 12.2 Å². The van der Waals surface area contributed by atoms with Gasteiger partial charge in [-0.15, -0.1) is 0 Å². The largest absolute Gasteiger partial charge is 0.330 e. The number of imidazole rings is 1. The highest BCUT2D eigenvalue weighted by atomic mass is 32.1. The topological polar surface area (TPSA) is 66.9 Å². The Kier molecular flexibility index (Phi) is 4.86. The van der Waals surface area contributed by atoms with Gasteiger partial charge in [-0.3, -0.25) is 14.2 Å². The second-order valence-corrected chi connectivity index (χ2v) is 6.58. The van der Waals surface area contributed by atoms with Crippen LogP contribution in [-0.2, 0) is 9.59 Å². The molecule has 0 saturated carbocycles. The van der Waals surface area contributed by atoms with E-state index >= 15 is 0 Å². The molecule has 3 aromatic rings. The number of Topliss-reactive ketones (excluding diaryl/α,β-unsaturated/α-hetero) is 1. The third-order valence-corrected chi connectivity index (χ3v) is 4.45. The number of carbonyl (C=O) groups excluding carboxylic acids is 2. The van der Waals surface area contributed by atoms with E-state index in [9.17, 15) is 9.59 Å². The van der Waals surface area contributed by atoms with Gasteiger partial charge in [-0.1, -0.05) is 24.3 Å². The third kappa shape index (κ3) is 3.50. The molecule has 6 heteroatoms. The zero-order valence-electron chi connectivity index (χ0n) is 14.8. The van der Waals surface area contributed by atoms with Crippen molar-refractivity contribution >= 4 is 46.8 Å². The predicted molar refractivity (Wildman–Crippen MR) is 107 cm³/mol. The number of aromatic nitrogens is 2. The first kappa shape index (κ1) is 17.8. The summed E-state index contributed by atoms with van der Waals surface area (Å²) in [6, 6.07) is 13.2. The van der Waals surface area contributed by atoms with Gasteiger partial charge >= 0.3 is 0 Å². The number of nitrogens with zero attached hydrogens (tertiary/aromatic N) is 1. The van der Waals surface area contributed by atoms with Gasteiger partial charge in [0, 0.05) is 11.9 Å². The van der Waals surface area contributed by atoms with Crippen LogP contribution in [0.1, 0.15) is 18.1 Å². The highest BCUT2D eigenvalue weighted by Gasteiger charge is 2.17. The van der Waals surface area contributed by atoms with Crippen LogP contribution < -0.4 is 5.32 Å². The summed E-state index contributed by atoms with van der Waals surface area (Å²) in [5, 5.41) is 2.80. The Morgan fingerprint density at radius 3 is 2.58 bits per heavy atom. The molecule has 132 valence electrons. The first-order valence-corrected chi connectivity index (χ1v) is 8.58. The Morgan fingerprint density at radius 2 is 1.88 bits per heavy atom. The van der Waals surface area contributed by atoms with Gasteiger partial charge in [0.15, 0.2) is 10.6 Å². The first-order chi connectivity index (χ1) is 12.4. The van der Waals surface area contributed by atoms with Crippen molar-refractivity contribution in [3.05, 3.63) is 63.9 Å². The SMILES string of the molecule is CC(=O)/C(=C\n1c(=S)[nH]c2cc(C)ccc21)C(=O)Nc1ccccc1C. The third-order valence-electron chi connectivity index (χ3n) is 4.15. The quantitative estimate of drug-likeness (QED) is 0.312. The lowest BCUT2D eigenvalue weighted by molar-refractivity contribution is -0.118. The van der Waals surface area contributed by atoms with Crippen LogP contribution in [0, 0.1) is 18.6 Å². The van der Waals surface area contributed by atoms with Gasteiger partial charge < -0.3 is 10.3 Å². The number of hydrogen-bond acceptors (Lipinski definition) is 3. The van der Waals surface area contributed by atoms with Crippen LogP contribution in [0.25, 0.3) is 17.2 Å². The molecule has 0 atom stereocenters. The molecule has 1 amide bonds. The minimum atomic E-state index is -0.463. The van der Waals surface area contributed by atoms with Crippen molar-refractivity contribution in [1.29, 1.82) is 0 Å². The number of nitrogens with one attached hydrogen (secondary N) is 2. The second kappa shape index (κ2) is 7.09. The number of hydrogen-bond donors (Lipinski definition) is 2. The fourth-order valence-corrected chi connectivity index (χ4v) is 2.98. The van der Waals surface area contributed by atoms with Crippen molar-refractivity contribution in [2.24, 2.45) is 0 Å². The fourth-order valence-electron chi connectivity index (χ4n) is 2.71. The summed E-state index contributed by atoms with van der Waals surface area (Å²) in [6.45, 7) is 5.25. The van der Waals surface area contributed by atoms with Gasteiger partial charge in [-0.25, -0.2) is 0 Å². The molecule has 0 spiro atoms. The fraction of sp³-hybridized carbons (Fsp3) is 0.150. The first-order valence-electron chi connectivity index (χ1n) is 8.17. The summed E-state index contributed by atoms with van der Waals surface area (Å²) < 4.78 is 2.08. The molecule has 0 bridgehead atoms. The van der Waals surface area contributed by atoms with Gasteiger partial charge in [-0.05, 0) is 62.3 Å². The normalized spacial score (nSPS) is 11.6. The highest BCUT2D eigenvalue weighted by Crippen LogP contribution is 2.19. The average molecular weight is 365 g/mol. The summed E-state index contributed by atoms with van der Waals surface area (Å²) >= 11 is 5.36. The van der Waals surface area contributed by atoms with E-state index in [2.05, 4.69) is 10.3 Å². The maximum Gasteiger partial charge on any atom is 0.260 e. The Hall–Kier alpha value is -2.99. The van der Waals surface area contributed by atoms with Crippen LogP contribution >= 0.6 is 12.2 Å². The van der Waals surface area contributed by atoms with Crippen molar-refractivity contribution in [2.75, 3.05) is 5.32 Å². The number of para-hydroxylation sites is 1. The summed E-state index contributed by atoms with van der Waals surface area (Å²) in [5.41, 5.74) is 4.38. The number of rotatable bonds is 4. The number of amides is 1. The van der Waals surface area contributed by atoms with E-state index in [-0.39, 0.29) is 11.4 Å². The van der Waals surface area contributed by atoms with E-state index in [1.807, 2.05) is 50.2 Å². The Balaban J connectivity index is 2.05. The van der Waals surface area contributed by atoms with Crippen LogP contribution in [0.15, 0.2) is 48.0 Å². The predicted octanol–water partition coefficient (Wildman–Crippen LogP) is 4.38. The van der Waals surface area contributed by atoms with Gasteiger partial charge in [0.2, 0.25) is 0 Å². The van der Waals surface area contributed by atoms with Crippen LogP contribution in [-0.4, -0.2) is 21.2 Å². The molecule has 5 nitrogen and oxygen atoms in total. The molecule has 0 aliphatic rings. The van der Waals surface area contributed by atoms with Crippen molar-refractivity contribution in [3.8, 4) is 0 Å². The Bertz CT molecular complexity index is 1110. The Morgan fingerprint density at radius 1 is 1.15 bits per heavy atom. The van der Waals surface area contributed by atoms with E-state index in [1.165, 1.54) is 13.1 Å². The molecule has 0 radical (unpaired) electrons. The molecule has 1 aromatic heterocycles. The molecule has 0 aliphatic carbocycles. The smallest absolute Gasteiger partial charge is 0.260 e. The second-order valence-electron chi connectivity index (χ2n) is 6.19. The molecule has 0 unspecified atom stereocenters. The molecule has 0 fully saturated rings. The molecule has 1 heterocycles. The molecule has 0 aliphatic heterocycles. The van der Waals surface area contributed by atoms with Crippen molar-refractivity contribution in [2.45, 2.75) is 20.8 Å². The molecular formula is C20H19N3O2S. The van der Waals surface area contributed by atoms with Crippen molar-refractivity contribution < 1.29 is 9.59 Å². The number of fused-ring (bicyclic) bond motifs is 1. The lowest BCUT2D eigenvalue weighted by Crippen LogP contribution is -2.20. The van der Waals surface area contributed by atoms with E-state index in [0.29, 0.717) is 10.5 Å². The maximum absolute atomic E-state index is 12.7. The van der Waals surface area contributed by atoms with E-state index < -0.39 is 5.91 Å². The number of aromatic amines is 1. The molecular weight excluding hydrogens is 346 g/mol. The van der Waals surface area contributed by atoms with E-state index in [1.54, 1.807) is 10.6 Å². The van der Waals surface area contributed by atoms with Crippen LogP contribution in [0.5, 0.6) is 0 Å². The van der Waals surface area contributed by atoms with Gasteiger partial charge in [0.25, 0.3) is 5.91 Å². The van der Waals surface area contributed by atoms with Gasteiger partial charge in [0.05, 0.1) is 16.6 Å². The molecule has 26 heavy (non-hydrogen) atoms. The summed E-state index contributed by atoms with van der Waals surface area (Å²) in [4.78, 5) is 27.9. The average Bonchev–Trinajstić information content (AvgIpc) is 2.88. The molecule has 2 N–H and O–H groups in total. The maximum atomic E-state index is 12.7. The molecule has 0 saturated heterocycles. The zero-order valence-corrected chi connectivity index (χ0v) is 15.6. The van der Waals surface area contributed by atoms with Crippen LogP contribution in [0.3, 0.4) is 0 Å². The van der Waals surface area contributed by atoms with Crippen molar-refractivity contribution in [3.63, 3.8) is 0 Å². The summed E-state index contributed by atoms with van der Waals surface area (Å²) in [5.74, 6) is -0.797. The highest BCUT2D eigenvalue weighted by molar-refractivity contribution is 7.71. The van der Waals surface area contributed by atoms with Crippen molar-refractivity contribution in [1.82, 2.24) is 9.55 Å². The number of anilines is 1. The zero-order chi connectivity index (χ0) is 18.8. The van der Waals surface area contributed by atoms with Gasteiger partial charge in [0.1, 0.15) is 0 Å². The van der Waals surface area contributed by atoms with Gasteiger partial charge in [-0.2, -0.15) is 0 Å². The minimum Gasteiger partial charge on any atom is -0.330 e. The number of H-pyrrole nitrogens is 1. The minimum absolute atomic E-state index is 0.0332. The number of aryl methyl sites for hydroxylation is 2. The standard InChI is InChI=1S/C20H19N3O2S/c1-12-8-9-18-17(10-12)22-20(26)23(18)11-15(14(3)24)19(25)21-16-7-5-4-6-13(16)2/h4-11H,1-3H3,(H,21,25)(H,22,26)/b15-11+. The van der Waals surface area contributed by atoms with Crippen LogP contribution in [0.4, 0.5) is 5.69 Å². The summed E-state index contributed by atoms with van der Waals surface area (Å²) in [7, 11) is 0. The number of carbonyl (C=O) groups is 2. The summed E-state index contributed by atoms with van der Waals surface area (Å²) in [6.07, 6.45) is 1.49.